The zero-order valence-electron chi connectivity index (χ0n) is 12.4. The third kappa shape index (κ3) is 2.75. The fraction of sp³-hybridized carbons (Fsp3) is 0.375. The van der Waals surface area contributed by atoms with Crippen LogP contribution < -0.4 is 0 Å². The van der Waals surface area contributed by atoms with Crippen LogP contribution in [0.5, 0.6) is 0 Å². The molecule has 0 spiro atoms. The molecule has 2 rings (SSSR count). The summed E-state index contributed by atoms with van der Waals surface area (Å²) < 4.78 is 0. The lowest BCUT2D eigenvalue weighted by molar-refractivity contribution is 0.0692. The molecular weight excluding hydrogens is 270 g/mol. The third-order valence-electron chi connectivity index (χ3n) is 3.11. The zero-order valence-corrected chi connectivity index (χ0v) is 13.3. The minimum atomic E-state index is -0.965. The van der Waals surface area contributed by atoms with E-state index in [9.17, 15) is 9.90 Å². The van der Waals surface area contributed by atoms with Gasteiger partial charge in [-0.1, -0.05) is 44.5 Å². The van der Waals surface area contributed by atoms with Gasteiger partial charge < -0.3 is 5.11 Å². The highest BCUT2D eigenvalue weighted by Gasteiger charge is 2.25. The lowest BCUT2D eigenvalue weighted by Crippen LogP contribution is -2.11. The van der Waals surface area contributed by atoms with Crippen molar-refractivity contribution in [1.29, 1.82) is 0 Å². The van der Waals surface area contributed by atoms with Gasteiger partial charge in [0.25, 0.3) is 0 Å². The molecule has 0 unspecified atom stereocenters. The van der Waals surface area contributed by atoms with Gasteiger partial charge in [0.1, 0.15) is 0 Å². The van der Waals surface area contributed by atoms with Gasteiger partial charge >= 0.3 is 5.97 Å². The molecule has 106 valence electrons. The average molecular weight is 289 g/mol. The van der Waals surface area contributed by atoms with E-state index in [0.717, 1.165) is 26.6 Å². The quantitative estimate of drug-likeness (QED) is 0.890. The van der Waals surface area contributed by atoms with E-state index in [-0.39, 0.29) is 11.1 Å². The molecule has 0 radical (unpaired) electrons. The minimum absolute atomic E-state index is 0.148. The Hall–Kier alpha value is -1.68. The number of aryl methyl sites for hydroxylation is 2. The second-order valence-corrected chi connectivity index (χ2v) is 7.07. The van der Waals surface area contributed by atoms with Crippen LogP contribution in [0.25, 0.3) is 10.4 Å². The first-order chi connectivity index (χ1) is 9.20. The molecule has 1 N–H and O–H groups in total. The van der Waals surface area contributed by atoms with E-state index in [2.05, 4.69) is 4.98 Å². The summed E-state index contributed by atoms with van der Waals surface area (Å²) in [5.74, 6) is -0.965. The summed E-state index contributed by atoms with van der Waals surface area (Å²) >= 11 is 1.48. The van der Waals surface area contributed by atoms with Gasteiger partial charge in [0.2, 0.25) is 0 Å². The van der Waals surface area contributed by atoms with Crippen molar-refractivity contribution < 1.29 is 9.90 Å². The van der Waals surface area contributed by atoms with Crippen LogP contribution in [0.1, 0.15) is 47.4 Å². The van der Waals surface area contributed by atoms with Crippen LogP contribution in [0.4, 0.5) is 0 Å². The van der Waals surface area contributed by atoms with E-state index in [1.807, 2.05) is 52.8 Å². The Kier molecular flexibility index (Phi) is 3.69. The molecule has 1 aromatic carbocycles. The average Bonchev–Trinajstić information content (AvgIpc) is 2.77. The lowest BCUT2D eigenvalue weighted by atomic mass is 9.98. The predicted molar refractivity (Wildman–Crippen MR) is 82.7 cm³/mol. The second-order valence-electron chi connectivity index (χ2n) is 6.07. The summed E-state index contributed by atoms with van der Waals surface area (Å²) in [7, 11) is 0. The van der Waals surface area contributed by atoms with Crippen molar-refractivity contribution in [3.05, 3.63) is 40.0 Å². The molecule has 0 amide bonds. The SMILES string of the molecule is Cc1ccc(C)c(-c2sc(C(C)(C)C)nc2C(=O)O)c1. The summed E-state index contributed by atoms with van der Waals surface area (Å²) in [6.45, 7) is 10.1. The molecule has 2 aromatic rings. The van der Waals surface area contributed by atoms with Gasteiger partial charge in [0.15, 0.2) is 5.69 Å². The van der Waals surface area contributed by atoms with Crippen molar-refractivity contribution in [3.63, 3.8) is 0 Å². The van der Waals surface area contributed by atoms with Crippen LogP contribution in [0.2, 0.25) is 0 Å². The van der Waals surface area contributed by atoms with Crippen molar-refractivity contribution in [2.24, 2.45) is 0 Å². The monoisotopic (exact) mass is 289 g/mol. The van der Waals surface area contributed by atoms with Crippen molar-refractivity contribution >= 4 is 17.3 Å². The number of nitrogens with zero attached hydrogens (tertiary/aromatic N) is 1. The standard InChI is InChI=1S/C16H19NO2S/c1-9-6-7-10(2)11(8-9)13-12(14(18)19)17-15(20-13)16(3,4)5/h6-8H,1-5H3,(H,18,19). The second kappa shape index (κ2) is 5.02. The van der Waals surface area contributed by atoms with E-state index >= 15 is 0 Å². The molecule has 0 bridgehead atoms. The number of thiazole rings is 1. The molecule has 1 heterocycles. The van der Waals surface area contributed by atoms with Gasteiger partial charge in [0.05, 0.1) is 9.88 Å². The highest BCUT2D eigenvalue weighted by atomic mass is 32.1. The molecule has 0 saturated heterocycles. The molecule has 0 aliphatic heterocycles. The van der Waals surface area contributed by atoms with Crippen LogP contribution in [0.15, 0.2) is 18.2 Å². The number of hydrogen-bond donors (Lipinski definition) is 1. The normalized spacial score (nSPS) is 11.7. The molecule has 0 aliphatic carbocycles. The van der Waals surface area contributed by atoms with E-state index < -0.39 is 5.97 Å². The Morgan fingerprint density at radius 3 is 2.45 bits per heavy atom. The van der Waals surface area contributed by atoms with Crippen LogP contribution in [-0.2, 0) is 5.41 Å². The maximum absolute atomic E-state index is 11.5. The molecule has 20 heavy (non-hydrogen) atoms. The van der Waals surface area contributed by atoms with Gasteiger partial charge in [-0.2, -0.15) is 0 Å². The predicted octanol–water partition coefficient (Wildman–Crippen LogP) is 4.42. The molecule has 0 fully saturated rings. The maximum atomic E-state index is 11.5. The number of benzene rings is 1. The first kappa shape index (κ1) is 14.7. The summed E-state index contributed by atoms with van der Waals surface area (Å²) in [4.78, 5) is 16.6. The highest BCUT2D eigenvalue weighted by Crippen LogP contribution is 2.37. The molecule has 4 heteroatoms. The smallest absolute Gasteiger partial charge is 0.356 e. The van der Waals surface area contributed by atoms with Gasteiger partial charge in [-0.25, -0.2) is 9.78 Å². The molecule has 0 aliphatic rings. The maximum Gasteiger partial charge on any atom is 0.356 e. The Balaban J connectivity index is 2.69. The third-order valence-corrected chi connectivity index (χ3v) is 4.62. The van der Waals surface area contributed by atoms with Gasteiger partial charge in [-0.15, -0.1) is 11.3 Å². The van der Waals surface area contributed by atoms with E-state index in [1.165, 1.54) is 11.3 Å². The first-order valence-electron chi connectivity index (χ1n) is 6.52. The first-order valence-corrected chi connectivity index (χ1v) is 7.34. The zero-order chi connectivity index (χ0) is 15.1. The topological polar surface area (TPSA) is 50.2 Å². The Bertz CT molecular complexity index is 666. The van der Waals surface area contributed by atoms with E-state index in [0.29, 0.717) is 0 Å². The number of aromatic nitrogens is 1. The summed E-state index contributed by atoms with van der Waals surface area (Å²) in [6, 6.07) is 6.08. The highest BCUT2D eigenvalue weighted by molar-refractivity contribution is 7.15. The molecule has 1 aromatic heterocycles. The number of hydrogen-bond acceptors (Lipinski definition) is 3. The number of carboxylic acid groups (broad SMARTS) is 1. The van der Waals surface area contributed by atoms with Crippen LogP contribution >= 0.6 is 11.3 Å². The fourth-order valence-electron chi connectivity index (χ4n) is 1.95. The number of carboxylic acids is 1. The molecular formula is C16H19NO2S. The van der Waals surface area contributed by atoms with Gasteiger partial charge in [-0.3, -0.25) is 0 Å². The Morgan fingerprint density at radius 2 is 1.90 bits per heavy atom. The minimum Gasteiger partial charge on any atom is -0.476 e. The van der Waals surface area contributed by atoms with Gasteiger partial charge in [-0.05, 0) is 25.0 Å². The van der Waals surface area contributed by atoms with Crippen molar-refractivity contribution in [2.45, 2.75) is 40.0 Å². The molecule has 0 atom stereocenters. The Labute approximate surface area is 123 Å². The van der Waals surface area contributed by atoms with Crippen LogP contribution in [-0.4, -0.2) is 16.1 Å². The summed E-state index contributed by atoms with van der Waals surface area (Å²) in [5, 5.41) is 10.3. The van der Waals surface area contributed by atoms with E-state index in [1.54, 1.807) is 0 Å². The van der Waals surface area contributed by atoms with Crippen LogP contribution in [0, 0.1) is 13.8 Å². The lowest BCUT2D eigenvalue weighted by Gasteiger charge is -2.13. The van der Waals surface area contributed by atoms with E-state index in [4.69, 9.17) is 0 Å². The fourth-order valence-corrected chi connectivity index (χ4v) is 3.14. The number of carbonyl (C=O) groups is 1. The number of rotatable bonds is 2. The number of aromatic carboxylic acids is 1. The van der Waals surface area contributed by atoms with Gasteiger partial charge in [0, 0.05) is 5.41 Å². The van der Waals surface area contributed by atoms with Crippen molar-refractivity contribution in [3.8, 4) is 10.4 Å². The van der Waals surface area contributed by atoms with Crippen molar-refractivity contribution in [2.75, 3.05) is 0 Å². The largest absolute Gasteiger partial charge is 0.476 e. The summed E-state index contributed by atoms with van der Waals surface area (Å²) in [6.07, 6.45) is 0. The molecule has 3 nitrogen and oxygen atoms in total. The van der Waals surface area contributed by atoms with Crippen LogP contribution in [0.3, 0.4) is 0 Å². The van der Waals surface area contributed by atoms with Crippen molar-refractivity contribution in [1.82, 2.24) is 4.98 Å². The molecule has 0 saturated carbocycles. The Morgan fingerprint density at radius 1 is 1.25 bits per heavy atom. The summed E-state index contributed by atoms with van der Waals surface area (Å²) in [5.41, 5.74) is 3.17.